The van der Waals surface area contributed by atoms with E-state index in [2.05, 4.69) is 0 Å². The zero-order valence-corrected chi connectivity index (χ0v) is 17.2. The maximum Gasteiger partial charge on any atom is 0.241 e. The van der Waals surface area contributed by atoms with E-state index in [4.69, 9.17) is 0 Å². The molecule has 0 bridgehead atoms. The minimum Gasteiger partial charge on any atom is -0.274 e. The Balaban J connectivity index is 1.48. The van der Waals surface area contributed by atoms with Gasteiger partial charge in [0.25, 0.3) is 0 Å². The molecule has 0 radical (unpaired) electrons. The summed E-state index contributed by atoms with van der Waals surface area (Å²) in [7, 11) is 0. The summed E-state index contributed by atoms with van der Waals surface area (Å²) in [5.41, 5.74) is 2.75. The third kappa shape index (κ3) is 2.93. The normalized spacial score (nSPS) is 26.2. The van der Waals surface area contributed by atoms with Gasteiger partial charge in [-0.25, -0.2) is 4.90 Å². The van der Waals surface area contributed by atoms with Crippen molar-refractivity contribution in [3.05, 3.63) is 71.8 Å². The number of benzene rings is 2. The number of imide groups is 2. The summed E-state index contributed by atoms with van der Waals surface area (Å²) in [5, 5.41) is 0. The highest BCUT2D eigenvalue weighted by atomic mass is 16.2. The van der Waals surface area contributed by atoms with Crippen molar-refractivity contribution in [2.24, 2.45) is 17.8 Å². The lowest BCUT2D eigenvalue weighted by Gasteiger charge is -2.28. The van der Waals surface area contributed by atoms with Gasteiger partial charge in [0.1, 0.15) is 0 Å². The van der Waals surface area contributed by atoms with Crippen molar-refractivity contribution in [3.8, 4) is 0 Å². The molecule has 2 fully saturated rings. The van der Waals surface area contributed by atoms with Crippen molar-refractivity contribution in [3.63, 3.8) is 0 Å². The van der Waals surface area contributed by atoms with Gasteiger partial charge in [-0.2, -0.15) is 0 Å². The highest BCUT2D eigenvalue weighted by Gasteiger charge is 2.53. The van der Waals surface area contributed by atoms with Crippen LogP contribution in [-0.2, 0) is 19.2 Å². The fourth-order valence-corrected chi connectivity index (χ4v) is 5.25. The lowest BCUT2D eigenvalue weighted by Crippen LogP contribution is -2.32. The van der Waals surface area contributed by atoms with Crippen LogP contribution in [0.2, 0.25) is 0 Å². The van der Waals surface area contributed by atoms with Crippen LogP contribution in [0.1, 0.15) is 26.2 Å². The lowest BCUT2D eigenvalue weighted by molar-refractivity contribution is -0.123. The van der Waals surface area contributed by atoms with E-state index in [9.17, 15) is 19.2 Å². The van der Waals surface area contributed by atoms with Crippen molar-refractivity contribution in [2.45, 2.75) is 26.2 Å². The number of carbonyl (C=O) groups is 4. The van der Waals surface area contributed by atoms with Gasteiger partial charge in [0.15, 0.2) is 0 Å². The highest BCUT2D eigenvalue weighted by molar-refractivity contribution is 6.24. The first-order chi connectivity index (χ1) is 15.0. The van der Waals surface area contributed by atoms with Gasteiger partial charge in [-0.3, -0.25) is 24.1 Å². The van der Waals surface area contributed by atoms with Gasteiger partial charge in [0.2, 0.25) is 23.6 Å². The molecule has 3 atom stereocenters. The molecule has 0 aromatic heterocycles. The fraction of sp³-hybridized carbons (Fsp3) is 0.280. The van der Waals surface area contributed by atoms with E-state index in [-0.39, 0.29) is 30.0 Å². The number of hydrogen-bond acceptors (Lipinski definition) is 4. The topological polar surface area (TPSA) is 74.8 Å². The van der Waals surface area contributed by atoms with E-state index in [0.717, 1.165) is 11.1 Å². The number of carbonyl (C=O) groups excluding carboxylic acids is 4. The molecular weight excluding hydrogens is 392 g/mol. The van der Waals surface area contributed by atoms with Crippen molar-refractivity contribution >= 4 is 35.0 Å². The Labute approximate surface area is 180 Å². The smallest absolute Gasteiger partial charge is 0.241 e. The molecule has 2 aliphatic heterocycles. The SMILES string of the molecule is CC1=C([C@H]2CC(=O)N(c3ccccc3)C2=O)CC[C@@H]2C(=O)N(c3ccccc3)C(=O)[C@H]12. The van der Waals surface area contributed by atoms with Gasteiger partial charge >= 0.3 is 0 Å². The third-order valence-corrected chi connectivity index (χ3v) is 6.72. The molecular formula is C25H22N2O4. The Morgan fingerprint density at radius 1 is 0.742 bits per heavy atom. The molecule has 0 saturated carbocycles. The van der Waals surface area contributed by atoms with Crippen molar-refractivity contribution in [2.75, 3.05) is 9.80 Å². The van der Waals surface area contributed by atoms with Crippen LogP contribution >= 0.6 is 0 Å². The summed E-state index contributed by atoms with van der Waals surface area (Å²) in [4.78, 5) is 54.7. The quantitative estimate of drug-likeness (QED) is 0.569. The zero-order chi connectivity index (χ0) is 21.7. The summed E-state index contributed by atoms with van der Waals surface area (Å²) >= 11 is 0. The van der Waals surface area contributed by atoms with Crippen LogP contribution in [0.25, 0.3) is 0 Å². The summed E-state index contributed by atoms with van der Waals surface area (Å²) in [6.07, 6.45) is 1.15. The molecule has 4 amide bonds. The van der Waals surface area contributed by atoms with Crippen LogP contribution < -0.4 is 9.80 Å². The molecule has 6 nitrogen and oxygen atoms in total. The monoisotopic (exact) mass is 414 g/mol. The average Bonchev–Trinajstić information content (AvgIpc) is 3.22. The van der Waals surface area contributed by atoms with E-state index in [1.165, 1.54) is 9.80 Å². The van der Waals surface area contributed by atoms with E-state index >= 15 is 0 Å². The minimum atomic E-state index is -0.567. The Bertz CT molecular complexity index is 1120. The molecule has 156 valence electrons. The van der Waals surface area contributed by atoms with E-state index in [1.807, 2.05) is 19.1 Å². The third-order valence-electron chi connectivity index (χ3n) is 6.72. The predicted molar refractivity (Wildman–Crippen MR) is 115 cm³/mol. The second-order valence-electron chi connectivity index (χ2n) is 8.34. The van der Waals surface area contributed by atoms with Crippen LogP contribution in [0.15, 0.2) is 71.8 Å². The highest BCUT2D eigenvalue weighted by Crippen LogP contribution is 2.46. The average molecular weight is 414 g/mol. The van der Waals surface area contributed by atoms with Crippen LogP contribution in [0, 0.1) is 17.8 Å². The Kier molecular flexibility index (Phi) is 4.58. The molecule has 2 aromatic carbocycles. The van der Waals surface area contributed by atoms with Crippen LogP contribution in [0.4, 0.5) is 11.4 Å². The first-order valence-corrected chi connectivity index (χ1v) is 10.5. The van der Waals surface area contributed by atoms with Gasteiger partial charge in [0.05, 0.1) is 29.1 Å². The second-order valence-corrected chi connectivity index (χ2v) is 8.34. The first kappa shape index (κ1) is 19.4. The van der Waals surface area contributed by atoms with Crippen LogP contribution in [0.3, 0.4) is 0 Å². The van der Waals surface area contributed by atoms with Gasteiger partial charge in [-0.1, -0.05) is 47.5 Å². The maximum absolute atomic E-state index is 13.3. The number of amides is 4. The summed E-state index contributed by atoms with van der Waals surface area (Å²) in [6.45, 7) is 1.84. The number of anilines is 2. The van der Waals surface area contributed by atoms with Crippen LogP contribution in [-0.4, -0.2) is 23.6 Å². The van der Waals surface area contributed by atoms with Crippen LogP contribution in [0.5, 0.6) is 0 Å². The predicted octanol–water partition coefficient (Wildman–Crippen LogP) is 3.48. The summed E-state index contributed by atoms with van der Waals surface area (Å²) in [6, 6.07) is 17.8. The number of rotatable bonds is 3. The molecule has 1 aliphatic carbocycles. The Morgan fingerprint density at radius 3 is 1.94 bits per heavy atom. The number of hydrogen-bond donors (Lipinski definition) is 0. The van der Waals surface area contributed by atoms with Gasteiger partial charge in [-0.05, 0) is 44.0 Å². The van der Waals surface area contributed by atoms with Crippen molar-refractivity contribution in [1.29, 1.82) is 0 Å². The molecule has 0 N–H and O–H groups in total. The largest absolute Gasteiger partial charge is 0.274 e. The maximum atomic E-state index is 13.3. The molecule has 2 aromatic rings. The Morgan fingerprint density at radius 2 is 1.32 bits per heavy atom. The molecule has 5 rings (SSSR count). The summed E-state index contributed by atoms with van der Waals surface area (Å²) < 4.78 is 0. The van der Waals surface area contributed by atoms with Crippen molar-refractivity contribution in [1.82, 2.24) is 0 Å². The molecule has 0 unspecified atom stereocenters. The molecule has 0 spiro atoms. The number of para-hydroxylation sites is 2. The van der Waals surface area contributed by atoms with E-state index in [0.29, 0.717) is 24.2 Å². The lowest BCUT2D eigenvalue weighted by atomic mass is 9.73. The molecule has 2 heterocycles. The zero-order valence-electron chi connectivity index (χ0n) is 17.2. The summed E-state index contributed by atoms with van der Waals surface area (Å²) in [5.74, 6) is -2.45. The Hall–Kier alpha value is -3.54. The first-order valence-electron chi connectivity index (χ1n) is 10.5. The standard InChI is InChI=1S/C25H22N2O4/c1-15-18(20-14-21(28)26(24(20)30)16-8-4-2-5-9-16)12-13-19-22(15)25(31)27(23(19)29)17-10-6-3-7-11-17/h2-11,19-20,22H,12-14H2,1H3/t19-,20+,22+/m0/s1. The molecule has 3 aliphatic rings. The fourth-order valence-electron chi connectivity index (χ4n) is 5.25. The van der Waals surface area contributed by atoms with E-state index < -0.39 is 17.8 Å². The number of nitrogens with zero attached hydrogens (tertiary/aromatic N) is 2. The second kappa shape index (κ2) is 7.30. The van der Waals surface area contributed by atoms with Gasteiger partial charge < -0.3 is 0 Å². The van der Waals surface area contributed by atoms with E-state index in [1.54, 1.807) is 48.5 Å². The number of fused-ring (bicyclic) bond motifs is 1. The van der Waals surface area contributed by atoms with Gasteiger partial charge in [-0.15, -0.1) is 0 Å². The van der Waals surface area contributed by atoms with Gasteiger partial charge in [0, 0.05) is 6.42 Å². The minimum absolute atomic E-state index is 0.0995. The molecule has 31 heavy (non-hydrogen) atoms. The van der Waals surface area contributed by atoms with Crippen molar-refractivity contribution < 1.29 is 19.2 Å². The molecule has 6 heteroatoms. The molecule has 2 saturated heterocycles.